The Morgan fingerprint density at radius 3 is 1.75 bits per heavy atom. The lowest BCUT2D eigenvalue weighted by molar-refractivity contribution is -0.142. The third kappa shape index (κ3) is 15.3. The summed E-state index contributed by atoms with van der Waals surface area (Å²) >= 11 is 0. The van der Waals surface area contributed by atoms with Crippen molar-refractivity contribution in [1.29, 1.82) is 0 Å². The Kier molecular flexibility index (Phi) is 21.8. The second-order valence-corrected chi connectivity index (χ2v) is 15.7. The van der Waals surface area contributed by atoms with E-state index in [9.17, 15) is 9.90 Å². The average molecular weight is 718 g/mol. The molecule has 1 atom stereocenters. The van der Waals surface area contributed by atoms with Crippen LogP contribution in [-0.2, 0) is 11.2 Å². The molecule has 2 aliphatic rings. The van der Waals surface area contributed by atoms with Crippen molar-refractivity contribution in [3.63, 3.8) is 0 Å². The van der Waals surface area contributed by atoms with Crippen LogP contribution in [0.15, 0.2) is 40.8 Å². The van der Waals surface area contributed by atoms with Crippen LogP contribution in [0.1, 0.15) is 181 Å². The highest BCUT2D eigenvalue weighted by Gasteiger charge is 2.24. The molecule has 5 nitrogen and oxygen atoms in total. The van der Waals surface area contributed by atoms with E-state index in [1.165, 1.54) is 108 Å². The van der Waals surface area contributed by atoms with E-state index in [0.29, 0.717) is 6.42 Å². The Labute approximate surface area is 318 Å². The molecule has 1 heterocycles. The van der Waals surface area contributed by atoms with Crippen LogP contribution in [0.3, 0.4) is 0 Å². The first-order valence-corrected chi connectivity index (χ1v) is 21.9. The van der Waals surface area contributed by atoms with Gasteiger partial charge < -0.3 is 14.4 Å². The lowest BCUT2D eigenvalue weighted by atomic mass is 9.88. The fourth-order valence-corrected chi connectivity index (χ4v) is 7.70. The summed E-state index contributed by atoms with van der Waals surface area (Å²) in [5.41, 5.74) is 4.21. The van der Waals surface area contributed by atoms with Crippen LogP contribution in [-0.4, -0.2) is 37.8 Å². The minimum absolute atomic E-state index is 0.405. The third-order valence-electron chi connectivity index (χ3n) is 11.2. The Morgan fingerprint density at radius 1 is 0.673 bits per heavy atom. The molecule has 3 rings (SSSR count). The van der Waals surface area contributed by atoms with Crippen molar-refractivity contribution < 1.29 is 14.3 Å². The molecular weight excluding hydrogens is 641 g/mol. The normalized spacial score (nSPS) is 12.9. The molecule has 1 aliphatic carbocycles. The number of carbonyl (C=O) groups is 1. The van der Waals surface area contributed by atoms with E-state index in [-0.39, 0.29) is 0 Å². The molecule has 1 aromatic rings. The largest absolute Gasteiger partial charge is 0.481 e. The zero-order valence-electron chi connectivity index (χ0n) is 34.3. The highest BCUT2D eigenvalue weighted by Crippen LogP contribution is 2.37. The number of aliphatic carboxylic acids is 1. The highest BCUT2D eigenvalue weighted by atomic mass is 16.4. The van der Waals surface area contributed by atoms with Crippen LogP contribution >= 0.6 is 0 Å². The Balaban J connectivity index is 1.66. The summed E-state index contributed by atoms with van der Waals surface area (Å²) in [6.07, 6.45) is 29.4. The van der Waals surface area contributed by atoms with Crippen molar-refractivity contribution in [2.45, 2.75) is 182 Å². The van der Waals surface area contributed by atoms with Gasteiger partial charge >= 0.3 is 5.97 Å². The topological polar surface area (TPSA) is 56.7 Å². The molecule has 0 radical (unpaired) electrons. The third-order valence-corrected chi connectivity index (χ3v) is 11.2. The van der Waals surface area contributed by atoms with E-state index in [4.69, 9.17) is 4.42 Å². The van der Waals surface area contributed by atoms with E-state index >= 15 is 0 Å². The van der Waals surface area contributed by atoms with Gasteiger partial charge in [0.25, 0.3) is 0 Å². The molecule has 1 aromatic carbocycles. The van der Waals surface area contributed by atoms with Gasteiger partial charge in [-0.2, -0.15) is 0 Å². The molecule has 0 saturated carbocycles. The quantitative estimate of drug-likeness (QED) is 0.0424. The van der Waals surface area contributed by atoms with Gasteiger partial charge in [0, 0.05) is 48.3 Å². The second-order valence-electron chi connectivity index (χ2n) is 15.7. The second kappa shape index (κ2) is 26.0. The van der Waals surface area contributed by atoms with Crippen molar-refractivity contribution in [2.75, 3.05) is 31.6 Å². The van der Waals surface area contributed by atoms with E-state index < -0.39 is 11.9 Å². The molecule has 1 unspecified atom stereocenters. The summed E-state index contributed by atoms with van der Waals surface area (Å²) in [6, 6.07) is 13.2. The molecule has 0 aromatic heterocycles. The number of nitrogens with zero attached hydrogens (tertiary/aromatic N) is 2. The predicted molar refractivity (Wildman–Crippen MR) is 225 cm³/mol. The van der Waals surface area contributed by atoms with Crippen LogP contribution < -0.4 is 14.8 Å². The molecule has 0 spiro atoms. The molecular formula is C47H77N2O3+. The molecule has 1 aliphatic heterocycles. The summed E-state index contributed by atoms with van der Waals surface area (Å²) in [4.78, 5) is 15.2. The first-order valence-electron chi connectivity index (χ1n) is 21.9. The number of unbranched alkanes of at least 4 members (excludes halogenated alkanes) is 18. The zero-order chi connectivity index (χ0) is 37.4. The number of hydrogen-bond acceptors (Lipinski definition) is 3. The standard InChI is InChI=1S/C47H76N2O3/c1-6-10-14-15-16-17-18-19-20-21-22-23-24-25-26-27-28-39(47(50)51)36-44-42-31-29-40(48(5)33-11-7-2)37-45(42)52-46-38-41(30-32-43(44)46)49(34-12-8-3)35-13-9-4/h29-32,37-39H,6-28,33-36H2,1-5H3/p+1. The van der Waals surface area contributed by atoms with Crippen molar-refractivity contribution in [3.05, 3.63) is 47.3 Å². The summed E-state index contributed by atoms with van der Waals surface area (Å²) < 4.78 is 9.02. The van der Waals surface area contributed by atoms with Gasteiger partial charge in [0.05, 0.1) is 12.0 Å². The minimum Gasteiger partial charge on any atom is -0.481 e. The predicted octanol–water partition coefficient (Wildman–Crippen LogP) is 13.0. The number of hydrogen-bond donors (Lipinski definition) is 1. The van der Waals surface area contributed by atoms with Gasteiger partial charge in [-0.15, -0.1) is 0 Å². The Morgan fingerprint density at radius 2 is 1.21 bits per heavy atom. The van der Waals surface area contributed by atoms with Gasteiger partial charge in [-0.1, -0.05) is 150 Å². The van der Waals surface area contributed by atoms with Gasteiger partial charge in [0.1, 0.15) is 24.9 Å². The maximum atomic E-state index is 12.7. The van der Waals surface area contributed by atoms with E-state index in [1.54, 1.807) is 0 Å². The lowest BCUT2D eigenvalue weighted by Gasteiger charge is -2.25. The molecule has 0 amide bonds. The van der Waals surface area contributed by atoms with E-state index in [0.717, 1.165) is 97.8 Å². The SMILES string of the molecule is CCCCCCCCCCCCCCCCCCC(Cc1c2ccc(=[N+](C)CCCC)cc-2oc2cc(N(CCCC)CCCC)ccc12)C(=O)O. The number of benzene rings is 2. The number of fused-ring (bicyclic) bond motifs is 2. The fourth-order valence-electron chi connectivity index (χ4n) is 7.70. The lowest BCUT2D eigenvalue weighted by Crippen LogP contribution is -2.27. The van der Waals surface area contributed by atoms with Gasteiger partial charge in [-0.3, -0.25) is 4.79 Å². The smallest absolute Gasteiger partial charge is 0.306 e. The van der Waals surface area contributed by atoms with Crippen molar-refractivity contribution in [2.24, 2.45) is 5.92 Å². The monoisotopic (exact) mass is 718 g/mol. The number of anilines is 1. The number of rotatable bonds is 30. The Bertz CT molecular complexity index is 1430. The van der Waals surface area contributed by atoms with Crippen molar-refractivity contribution >= 4 is 22.6 Å². The van der Waals surface area contributed by atoms with Gasteiger partial charge in [-0.25, -0.2) is 4.58 Å². The van der Waals surface area contributed by atoms with Crippen molar-refractivity contribution in [3.8, 4) is 11.3 Å². The molecule has 292 valence electrons. The van der Waals surface area contributed by atoms with E-state index in [1.807, 2.05) is 0 Å². The fraction of sp³-hybridized carbons (Fsp3) is 0.702. The van der Waals surface area contributed by atoms with Gasteiger partial charge in [0.2, 0.25) is 5.36 Å². The average Bonchev–Trinajstić information content (AvgIpc) is 3.15. The summed E-state index contributed by atoms with van der Waals surface area (Å²) in [6.45, 7) is 12.1. The summed E-state index contributed by atoms with van der Waals surface area (Å²) in [5, 5.41) is 12.6. The number of carboxylic acids is 1. The minimum atomic E-state index is -0.680. The number of carboxylic acid groups (broad SMARTS) is 1. The summed E-state index contributed by atoms with van der Waals surface area (Å²) in [7, 11) is 2.15. The molecule has 0 saturated heterocycles. The summed E-state index contributed by atoms with van der Waals surface area (Å²) in [5.74, 6) is -0.237. The maximum absolute atomic E-state index is 12.7. The van der Waals surface area contributed by atoms with Gasteiger partial charge in [-0.05, 0) is 49.4 Å². The Hall–Kier alpha value is -2.82. The first kappa shape index (κ1) is 43.6. The van der Waals surface area contributed by atoms with Crippen LogP contribution in [0.2, 0.25) is 0 Å². The molecule has 0 fully saturated rings. The molecule has 52 heavy (non-hydrogen) atoms. The van der Waals surface area contributed by atoms with Crippen molar-refractivity contribution in [1.82, 2.24) is 4.58 Å². The molecule has 5 heteroatoms. The highest BCUT2D eigenvalue weighted by molar-refractivity contribution is 5.90. The first-order chi connectivity index (χ1) is 25.4. The molecule has 1 N–H and O–H groups in total. The van der Waals surface area contributed by atoms with Crippen LogP contribution in [0.4, 0.5) is 5.69 Å². The van der Waals surface area contributed by atoms with Crippen LogP contribution in [0.5, 0.6) is 0 Å². The van der Waals surface area contributed by atoms with Crippen LogP contribution in [0.25, 0.3) is 22.3 Å². The van der Waals surface area contributed by atoms with Crippen LogP contribution in [0, 0.1) is 5.92 Å². The molecule has 0 bridgehead atoms. The zero-order valence-corrected chi connectivity index (χ0v) is 34.3. The van der Waals surface area contributed by atoms with E-state index in [2.05, 4.69) is 80.6 Å². The van der Waals surface area contributed by atoms with Gasteiger partial charge in [0.15, 0.2) is 0 Å². The maximum Gasteiger partial charge on any atom is 0.306 e.